The number of hydrogen-bond acceptors (Lipinski definition) is 4. The quantitative estimate of drug-likeness (QED) is 0.900. The van der Waals surface area contributed by atoms with Crippen LogP contribution in [0.15, 0.2) is 36.9 Å². The van der Waals surface area contributed by atoms with Crippen LogP contribution < -0.4 is 11.1 Å². The average molecular weight is 287 g/mol. The molecule has 0 aliphatic rings. The number of hydrogen-bond donors (Lipinski definition) is 2. The van der Waals surface area contributed by atoms with Gasteiger partial charge < -0.3 is 11.1 Å². The predicted molar refractivity (Wildman–Crippen MR) is 82.0 cm³/mol. The second-order valence-electron chi connectivity index (χ2n) is 6.22. The first-order valence-electron chi connectivity index (χ1n) is 6.77. The third-order valence-electron chi connectivity index (χ3n) is 4.00. The number of nitrogens with two attached hydrogens (primary N) is 1. The summed E-state index contributed by atoms with van der Waals surface area (Å²) < 4.78 is 1.77. The first kappa shape index (κ1) is 15.2. The molecule has 1 amide bonds. The summed E-state index contributed by atoms with van der Waals surface area (Å²) in [7, 11) is 0. The van der Waals surface area contributed by atoms with Crippen LogP contribution in [0.4, 0.5) is 5.69 Å². The molecule has 0 unspecified atom stereocenters. The van der Waals surface area contributed by atoms with Gasteiger partial charge in [-0.3, -0.25) is 9.36 Å². The van der Waals surface area contributed by atoms with Gasteiger partial charge >= 0.3 is 0 Å². The lowest BCUT2D eigenvalue weighted by atomic mass is 9.74. The minimum atomic E-state index is -0.695. The summed E-state index contributed by atoms with van der Waals surface area (Å²) >= 11 is 0. The zero-order valence-corrected chi connectivity index (χ0v) is 12.8. The molecule has 0 radical (unpaired) electrons. The highest BCUT2D eigenvalue weighted by atomic mass is 16.2. The standard InChI is InChI=1S/C15H21N5O/c1-14(2,15(3,4)16)13(21)19-11-6-5-7-12(8-11)20-9-17-18-10-20/h5-10H,16H2,1-4H3,(H,19,21). The Labute approximate surface area is 124 Å². The van der Waals surface area contributed by atoms with E-state index in [4.69, 9.17) is 5.73 Å². The molecule has 0 saturated heterocycles. The van der Waals surface area contributed by atoms with E-state index in [0.29, 0.717) is 5.69 Å². The fourth-order valence-corrected chi connectivity index (χ4v) is 1.66. The molecule has 21 heavy (non-hydrogen) atoms. The number of benzene rings is 1. The monoisotopic (exact) mass is 287 g/mol. The Morgan fingerprint density at radius 1 is 1.19 bits per heavy atom. The molecule has 2 rings (SSSR count). The summed E-state index contributed by atoms with van der Waals surface area (Å²) in [6, 6.07) is 7.48. The molecule has 2 aromatic rings. The van der Waals surface area contributed by atoms with Crippen LogP contribution in [0.25, 0.3) is 5.69 Å². The minimum absolute atomic E-state index is 0.115. The summed E-state index contributed by atoms with van der Waals surface area (Å²) in [4.78, 5) is 12.5. The lowest BCUT2D eigenvalue weighted by Gasteiger charge is -2.36. The van der Waals surface area contributed by atoms with E-state index in [1.165, 1.54) is 0 Å². The van der Waals surface area contributed by atoms with Crippen LogP contribution in [0.3, 0.4) is 0 Å². The Morgan fingerprint density at radius 2 is 1.81 bits per heavy atom. The van der Waals surface area contributed by atoms with Crippen LogP contribution in [0, 0.1) is 5.41 Å². The van der Waals surface area contributed by atoms with Gasteiger partial charge in [0.05, 0.1) is 11.1 Å². The maximum atomic E-state index is 12.5. The molecule has 0 spiro atoms. The van der Waals surface area contributed by atoms with Gasteiger partial charge in [0.15, 0.2) is 0 Å². The van der Waals surface area contributed by atoms with E-state index < -0.39 is 11.0 Å². The highest BCUT2D eigenvalue weighted by Crippen LogP contribution is 2.30. The summed E-state index contributed by atoms with van der Waals surface area (Å²) in [5.74, 6) is -0.115. The molecule has 1 aromatic heterocycles. The van der Waals surface area contributed by atoms with Crippen molar-refractivity contribution in [3.05, 3.63) is 36.9 Å². The summed E-state index contributed by atoms with van der Waals surface area (Å²) in [6.07, 6.45) is 3.21. The second kappa shape index (κ2) is 5.29. The predicted octanol–water partition coefficient (Wildman–Crippen LogP) is 1.97. The van der Waals surface area contributed by atoms with Gasteiger partial charge in [-0.15, -0.1) is 10.2 Å². The van der Waals surface area contributed by atoms with Gasteiger partial charge in [0.2, 0.25) is 5.91 Å². The van der Waals surface area contributed by atoms with Gasteiger partial charge in [0.1, 0.15) is 12.7 Å². The lowest BCUT2D eigenvalue weighted by Crippen LogP contribution is -2.53. The van der Waals surface area contributed by atoms with Crippen LogP contribution in [0.1, 0.15) is 27.7 Å². The number of carbonyl (C=O) groups is 1. The van der Waals surface area contributed by atoms with E-state index >= 15 is 0 Å². The zero-order chi connectivity index (χ0) is 15.7. The van der Waals surface area contributed by atoms with Crippen molar-refractivity contribution in [3.8, 4) is 5.69 Å². The molecule has 0 atom stereocenters. The molecule has 0 fully saturated rings. The maximum Gasteiger partial charge on any atom is 0.231 e. The van der Waals surface area contributed by atoms with Crippen LogP contribution in [-0.4, -0.2) is 26.2 Å². The van der Waals surface area contributed by atoms with Crippen molar-refractivity contribution in [3.63, 3.8) is 0 Å². The van der Waals surface area contributed by atoms with Gasteiger partial charge in [0.25, 0.3) is 0 Å². The molecule has 112 valence electrons. The highest BCUT2D eigenvalue weighted by Gasteiger charge is 2.40. The minimum Gasteiger partial charge on any atom is -0.325 e. The maximum absolute atomic E-state index is 12.5. The Hall–Kier alpha value is -2.21. The summed E-state index contributed by atoms with van der Waals surface area (Å²) in [6.45, 7) is 7.37. The van der Waals surface area contributed by atoms with E-state index in [-0.39, 0.29) is 5.91 Å². The average Bonchev–Trinajstić information content (AvgIpc) is 2.91. The molecule has 3 N–H and O–H groups in total. The van der Waals surface area contributed by atoms with Crippen LogP contribution in [-0.2, 0) is 4.79 Å². The number of nitrogens with zero attached hydrogens (tertiary/aromatic N) is 3. The molecular formula is C15H21N5O. The number of aromatic nitrogens is 3. The zero-order valence-electron chi connectivity index (χ0n) is 12.8. The van der Waals surface area contributed by atoms with Gasteiger partial charge in [-0.1, -0.05) is 6.07 Å². The number of nitrogens with one attached hydrogen (secondary N) is 1. The number of carbonyl (C=O) groups excluding carboxylic acids is 1. The molecule has 1 heterocycles. The number of amides is 1. The van der Waals surface area contributed by atoms with Crippen LogP contribution in [0.5, 0.6) is 0 Å². The van der Waals surface area contributed by atoms with Gasteiger partial charge in [-0.05, 0) is 45.9 Å². The molecule has 0 saturated carbocycles. The first-order valence-corrected chi connectivity index (χ1v) is 6.77. The van der Waals surface area contributed by atoms with Gasteiger partial charge in [0, 0.05) is 11.2 Å². The third kappa shape index (κ3) is 3.11. The van der Waals surface area contributed by atoms with Crippen molar-refractivity contribution in [1.82, 2.24) is 14.8 Å². The van der Waals surface area contributed by atoms with E-state index in [2.05, 4.69) is 15.5 Å². The van der Waals surface area contributed by atoms with Crippen molar-refractivity contribution in [2.24, 2.45) is 11.1 Å². The fourth-order valence-electron chi connectivity index (χ4n) is 1.66. The molecule has 0 aliphatic heterocycles. The van der Waals surface area contributed by atoms with Gasteiger partial charge in [-0.25, -0.2) is 0 Å². The molecule has 6 heteroatoms. The van der Waals surface area contributed by atoms with E-state index in [9.17, 15) is 4.79 Å². The van der Waals surface area contributed by atoms with Crippen molar-refractivity contribution in [2.45, 2.75) is 33.2 Å². The van der Waals surface area contributed by atoms with Gasteiger partial charge in [-0.2, -0.15) is 0 Å². The summed E-state index contributed by atoms with van der Waals surface area (Å²) in [5.41, 5.74) is 6.37. The lowest BCUT2D eigenvalue weighted by molar-refractivity contribution is -0.126. The summed E-state index contributed by atoms with van der Waals surface area (Å²) in [5, 5.41) is 10.5. The molecule has 0 aliphatic carbocycles. The largest absolute Gasteiger partial charge is 0.325 e. The number of rotatable bonds is 4. The van der Waals surface area contributed by atoms with Crippen molar-refractivity contribution < 1.29 is 4.79 Å². The Morgan fingerprint density at radius 3 is 2.38 bits per heavy atom. The van der Waals surface area contributed by atoms with E-state index in [1.54, 1.807) is 17.2 Å². The van der Waals surface area contributed by atoms with Crippen molar-refractivity contribution in [1.29, 1.82) is 0 Å². The molecule has 0 bridgehead atoms. The number of anilines is 1. The van der Waals surface area contributed by atoms with E-state index in [0.717, 1.165) is 5.69 Å². The Balaban J connectivity index is 2.21. The molecule has 1 aromatic carbocycles. The molecule has 6 nitrogen and oxygen atoms in total. The topological polar surface area (TPSA) is 85.8 Å². The van der Waals surface area contributed by atoms with Crippen LogP contribution >= 0.6 is 0 Å². The third-order valence-corrected chi connectivity index (χ3v) is 4.00. The van der Waals surface area contributed by atoms with Crippen LogP contribution in [0.2, 0.25) is 0 Å². The van der Waals surface area contributed by atoms with Crippen molar-refractivity contribution >= 4 is 11.6 Å². The fraction of sp³-hybridized carbons (Fsp3) is 0.400. The van der Waals surface area contributed by atoms with E-state index in [1.807, 2.05) is 52.0 Å². The van der Waals surface area contributed by atoms with Crippen molar-refractivity contribution in [2.75, 3.05) is 5.32 Å². The SMILES string of the molecule is CC(C)(N)C(C)(C)C(=O)Nc1cccc(-n2cnnc2)c1. The normalized spacial score (nSPS) is 12.2. The second-order valence-corrected chi connectivity index (χ2v) is 6.22. The Bertz CT molecular complexity index is 626. The molecular weight excluding hydrogens is 266 g/mol. The Kier molecular flexibility index (Phi) is 3.82. The highest BCUT2D eigenvalue weighted by molar-refractivity contribution is 5.96. The first-order chi connectivity index (χ1) is 9.72. The smallest absolute Gasteiger partial charge is 0.231 e.